The van der Waals surface area contributed by atoms with Crippen molar-refractivity contribution in [1.29, 1.82) is 0 Å². The fourth-order valence-corrected chi connectivity index (χ4v) is 2.16. The third kappa shape index (κ3) is 3.85. The lowest BCUT2D eigenvalue weighted by atomic mass is 10.2. The summed E-state index contributed by atoms with van der Waals surface area (Å²) in [4.78, 5) is 3.33. The second-order valence-electron chi connectivity index (χ2n) is 3.87. The molecule has 0 N–H and O–H groups in total. The molecule has 0 unspecified atom stereocenters. The minimum Gasteiger partial charge on any atom is -0.438 e. The van der Waals surface area contributed by atoms with Gasteiger partial charge in [0.05, 0.1) is 11.8 Å². The summed E-state index contributed by atoms with van der Waals surface area (Å²) in [6, 6.07) is 6.81. The normalized spacial score (nSPS) is 12.2. The summed E-state index contributed by atoms with van der Waals surface area (Å²) >= 11 is 0. The SMILES string of the molecule is O=S(=O)(Cl)c1ccc(Oc2ccccc2C(F)(F)F)nc1. The smallest absolute Gasteiger partial charge is 0.419 e. The van der Waals surface area contributed by atoms with E-state index in [9.17, 15) is 21.6 Å². The molecule has 0 fully saturated rings. The van der Waals surface area contributed by atoms with Crippen LogP contribution < -0.4 is 4.74 Å². The largest absolute Gasteiger partial charge is 0.438 e. The van der Waals surface area contributed by atoms with Crippen molar-refractivity contribution in [2.24, 2.45) is 0 Å². The molecule has 0 bridgehead atoms. The molecule has 0 amide bonds. The van der Waals surface area contributed by atoms with Gasteiger partial charge in [0, 0.05) is 16.7 Å². The van der Waals surface area contributed by atoms with Crippen molar-refractivity contribution < 1.29 is 26.3 Å². The molecule has 1 aromatic heterocycles. The van der Waals surface area contributed by atoms with E-state index >= 15 is 0 Å². The zero-order valence-corrected chi connectivity index (χ0v) is 11.7. The second kappa shape index (κ2) is 5.53. The molecule has 9 heteroatoms. The molecule has 2 aromatic rings. The van der Waals surface area contributed by atoms with Gasteiger partial charge in [-0.15, -0.1) is 0 Å². The third-order valence-corrected chi connectivity index (χ3v) is 3.74. The molecule has 21 heavy (non-hydrogen) atoms. The topological polar surface area (TPSA) is 56.3 Å². The Kier molecular flexibility index (Phi) is 4.11. The second-order valence-corrected chi connectivity index (χ2v) is 6.43. The number of alkyl halides is 3. The molecule has 0 spiro atoms. The quantitative estimate of drug-likeness (QED) is 0.799. The van der Waals surface area contributed by atoms with Crippen LogP contribution in [-0.2, 0) is 15.2 Å². The Morgan fingerprint density at radius 1 is 1.10 bits per heavy atom. The summed E-state index contributed by atoms with van der Waals surface area (Å²) in [5, 5.41) is 0. The minimum absolute atomic E-state index is 0.184. The van der Waals surface area contributed by atoms with E-state index in [2.05, 4.69) is 4.98 Å². The predicted octanol–water partition coefficient (Wildman–Crippen LogP) is 3.82. The van der Waals surface area contributed by atoms with E-state index in [1.54, 1.807) is 0 Å². The Bertz CT molecular complexity index is 745. The van der Waals surface area contributed by atoms with E-state index in [0.717, 1.165) is 30.5 Å². The van der Waals surface area contributed by atoms with Crippen molar-refractivity contribution in [1.82, 2.24) is 4.98 Å². The van der Waals surface area contributed by atoms with E-state index in [0.29, 0.717) is 0 Å². The number of benzene rings is 1. The number of pyridine rings is 1. The maximum absolute atomic E-state index is 12.8. The molecule has 0 saturated carbocycles. The van der Waals surface area contributed by atoms with Crippen molar-refractivity contribution in [3.8, 4) is 11.6 Å². The standard InChI is InChI=1S/C12H7ClF3NO3S/c13-21(18,19)8-5-6-11(17-7-8)20-10-4-2-1-3-9(10)12(14,15)16/h1-7H. The first-order valence-electron chi connectivity index (χ1n) is 5.43. The highest BCUT2D eigenvalue weighted by Gasteiger charge is 2.34. The van der Waals surface area contributed by atoms with Gasteiger partial charge >= 0.3 is 6.18 Å². The molecule has 2 rings (SSSR count). The van der Waals surface area contributed by atoms with Crippen molar-refractivity contribution >= 4 is 19.7 Å². The number of hydrogen-bond acceptors (Lipinski definition) is 4. The summed E-state index contributed by atoms with van der Waals surface area (Å²) in [5.41, 5.74) is -0.958. The fraction of sp³-hybridized carbons (Fsp3) is 0.0833. The summed E-state index contributed by atoms with van der Waals surface area (Å²) in [7, 11) is 1.15. The van der Waals surface area contributed by atoms with Gasteiger partial charge in [-0.25, -0.2) is 13.4 Å². The number of ether oxygens (including phenoxy) is 1. The lowest BCUT2D eigenvalue weighted by Gasteiger charge is -2.12. The third-order valence-electron chi connectivity index (χ3n) is 2.40. The molecule has 1 heterocycles. The average molecular weight is 338 g/mol. The minimum atomic E-state index is -4.57. The Morgan fingerprint density at radius 3 is 2.29 bits per heavy atom. The van der Waals surface area contributed by atoms with Gasteiger partial charge in [0.15, 0.2) is 0 Å². The number of rotatable bonds is 3. The zero-order chi connectivity index (χ0) is 15.7. The highest BCUT2D eigenvalue weighted by atomic mass is 35.7. The molecular weight excluding hydrogens is 331 g/mol. The van der Waals surface area contributed by atoms with Crippen LogP contribution in [0.3, 0.4) is 0 Å². The molecule has 0 radical (unpaired) electrons. The molecule has 112 valence electrons. The lowest BCUT2D eigenvalue weighted by Crippen LogP contribution is -2.07. The average Bonchev–Trinajstić information content (AvgIpc) is 2.37. The molecular formula is C12H7ClF3NO3S. The monoisotopic (exact) mass is 337 g/mol. The van der Waals surface area contributed by atoms with Gasteiger partial charge in [-0.05, 0) is 18.2 Å². The van der Waals surface area contributed by atoms with Crippen LogP contribution in [0.4, 0.5) is 13.2 Å². The van der Waals surface area contributed by atoms with Crippen molar-refractivity contribution in [2.75, 3.05) is 0 Å². The van der Waals surface area contributed by atoms with Crippen molar-refractivity contribution in [3.05, 3.63) is 48.2 Å². The maximum Gasteiger partial charge on any atom is 0.419 e. The summed E-state index contributed by atoms with van der Waals surface area (Å²) in [5.74, 6) is -0.616. The summed E-state index contributed by atoms with van der Waals surface area (Å²) in [6.45, 7) is 0. The van der Waals surface area contributed by atoms with Crippen LogP contribution in [0.15, 0.2) is 47.5 Å². The molecule has 1 aromatic carbocycles. The Balaban J connectivity index is 2.31. The Labute approximate surface area is 122 Å². The molecule has 0 atom stereocenters. The predicted molar refractivity (Wildman–Crippen MR) is 68.8 cm³/mol. The first-order chi connectivity index (χ1) is 9.68. The van der Waals surface area contributed by atoms with Crippen LogP contribution >= 0.6 is 10.7 Å². The van der Waals surface area contributed by atoms with Gasteiger partial charge < -0.3 is 4.74 Å². The summed E-state index contributed by atoms with van der Waals surface area (Å²) < 4.78 is 65.4. The van der Waals surface area contributed by atoms with E-state index in [1.165, 1.54) is 12.1 Å². The van der Waals surface area contributed by atoms with Gasteiger partial charge in [0.25, 0.3) is 9.05 Å². The van der Waals surface area contributed by atoms with Gasteiger partial charge in [0.1, 0.15) is 10.6 Å². The number of nitrogens with zero attached hydrogens (tertiary/aromatic N) is 1. The molecule has 0 aliphatic heterocycles. The van der Waals surface area contributed by atoms with Gasteiger partial charge in [-0.2, -0.15) is 13.2 Å². The van der Waals surface area contributed by atoms with Crippen LogP contribution in [0.1, 0.15) is 5.56 Å². The van der Waals surface area contributed by atoms with E-state index in [4.69, 9.17) is 15.4 Å². The van der Waals surface area contributed by atoms with Gasteiger partial charge in [-0.3, -0.25) is 0 Å². The van der Waals surface area contributed by atoms with Gasteiger partial charge in [0.2, 0.25) is 5.88 Å². The van der Waals surface area contributed by atoms with E-state index in [-0.39, 0.29) is 10.8 Å². The van der Waals surface area contributed by atoms with E-state index in [1.807, 2.05) is 0 Å². The van der Waals surface area contributed by atoms with Crippen LogP contribution in [0.5, 0.6) is 11.6 Å². The maximum atomic E-state index is 12.8. The highest BCUT2D eigenvalue weighted by Crippen LogP contribution is 2.37. The Hall–Kier alpha value is -1.80. The number of hydrogen-bond donors (Lipinski definition) is 0. The summed E-state index contributed by atoms with van der Waals surface area (Å²) in [6.07, 6.45) is -3.68. The van der Waals surface area contributed by atoms with Crippen molar-refractivity contribution in [3.63, 3.8) is 0 Å². The van der Waals surface area contributed by atoms with Gasteiger partial charge in [-0.1, -0.05) is 12.1 Å². The lowest BCUT2D eigenvalue weighted by molar-refractivity contribution is -0.138. The number of halogens is 4. The highest BCUT2D eigenvalue weighted by molar-refractivity contribution is 8.13. The molecule has 0 saturated heterocycles. The molecule has 0 aliphatic carbocycles. The zero-order valence-electron chi connectivity index (χ0n) is 10.1. The number of aromatic nitrogens is 1. The first kappa shape index (κ1) is 15.6. The van der Waals surface area contributed by atoms with Crippen LogP contribution in [-0.4, -0.2) is 13.4 Å². The molecule has 4 nitrogen and oxygen atoms in total. The molecule has 0 aliphatic rings. The van der Waals surface area contributed by atoms with E-state index < -0.39 is 26.5 Å². The van der Waals surface area contributed by atoms with Crippen LogP contribution in [0.2, 0.25) is 0 Å². The van der Waals surface area contributed by atoms with Crippen LogP contribution in [0, 0.1) is 0 Å². The van der Waals surface area contributed by atoms with Crippen LogP contribution in [0.25, 0.3) is 0 Å². The first-order valence-corrected chi connectivity index (χ1v) is 7.73. The van der Waals surface area contributed by atoms with Crippen molar-refractivity contribution in [2.45, 2.75) is 11.1 Å². The fourth-order valence-electron chi connectivity index (χ4n) is 1.47. The Morgan fingerprint density at radius 2 is 1.76 bits per heavy atom. The number of para-hydroxylation sites is 1.